The molecular weight excluding hydrogens is 526 g/mol. The van der Waals surface area contributed by atoms with Gasteiger partial charge in [0.1, 0.15) is 23.7 Å². The van der Waals surface area contributed by atoms with Crippen molar-refractivity contribution in [2.45, 2.75) is 18.3 Å². The smallest absolute Gasteiger partial charge is 0.352 e. The number of β-lactam (4-membered cyclic amide) rings is 1. The van der Waals surface area contributed by atoms with Gasteiger partial charge in [-0.2, -0.15) is 9.36 Å². The minimum Gasteiger partial charge on any atom is -0.477 e. The van der Waals surface area contributed by atoms with Gasteiger partial charge in [-0.1, -0.05) is 11.2 Å². The van der Waals surface area contributed by atoms with E-state index < -0.39 is 29.2 Å². The number of aliphatic carboxylic acids is 1. The number of fused-ring (bicyclic) bond motifs is 1. The standard InChI is InChI=1S/C21H21N7O5S3/c1-2-33-26-13(16-25-21(22)36-27-16)17(29)24-14-18(30)28-15(20(31)32)11(10-35-19(14)28)9-34-8-6-12-5-3-4-7-23-12/h3-8,14,19H,2,9-10H2,1H3,(H,24,29)(H,31,32)(H2,22,25,27)/b8-6-,26-13?/t14?,19-/m0/s1. The molecule has 0 spiro atoms. The number of thioether (sulfide) groups is 2. The van der Waals surface area contributed by atoms with Gasteiger partial charge in [0, 0.05) is 29.2 Å². The van der Waals surface area contributed by atoms with Gasteiger partial charge in [0.15, 0.2) is 5.13 Å². The molecule has 4 rings (SSSR count). The summed E-state index contributed by atoms with van der Waals surface area (Å²) in [5, 5.41) is 17.6. The maximum absolute atomic E-state index is 12.9. The average Bonchev–Trinajstić information content (AvgIpc) is 3.31. The van der Waals surface area contributed by atoms with E-state index in [1.807, 2.05) is 29.7 Å². The van der Waals surface area contributed by atoms with E-state index in [1.165, 1.54) is 28.4 Å². The number of nitrogen functional groups attached to an aromatic ring is 1. The van der Waals surface area contributed by atoms with Crippen molar-refractivity contribution < 1.29 is 24.3 Å². The molecule has 1 fully saturated rings. The highest BCUT2D eigenvalue weighted by Gasteiger charge is 2.54. The van der Waals surface area contributed by atoms with Gasteiger partial charge in [-0.15, -0.1) is 23.5 Å². The van der Waals surface area contributed by atoms with Gasteiger partial charge in [0.25, 0.3) is 11.8 Å². The Morgan fingerprint density at radius 2 is 2.28 bits per heavy atom. The molecule has 4 N–H and O–H groups in total. The molecule has 4 heterocycles. The Hall–Kier alpha value is -3.43. The van der Waals surface area contributed by atoms with Crippen molar-refractivity contribution in [3.63, 3.8) is 0 Å². The molecule has 0 bridgehead atoms. The van der Waals surface area contributed by atoms with Gasteiger partial charge in [0.05, 0.1) is 5.69 Å². The van der Waals surface area contributed by atoms with Crippen LogP contribution in [0, 0.1) is 0 Å². The first kappa shape index (κ1) is 25.7. The third-order valence-corrected chi connectivity index (χ3v) is 7.70. The Labute approximate surface area is 218 Å². The minimum absolute atomic E-state index is 0.0208. The first-order valence-electron chi connectivity index (χ1n) is 10.6. The van der Waals surface area contributed by atoms with Crippen LogP contribution in [0.3, 0.4) is 0 Å². The van der Waals surface area contributed by atoms with Crippen molar-refractivity contribution in [2.75, 3.05) is 23.8 Å². The zero-order valence-corrected chi connectivity index (χ0v) is 21.3. The highest BCUT2D eigenvalue weighted by atomic mass is 32.2. The zero-order valence-electron chi connectivity index (χ0n) is 18.9. The van der Waals surface area contributed by atoms with Crippen molar-refractivity contribution in [3.05, 3.63) is 52.6 Å². The minimum atomic E-state index is -1.19. The van der Waals surface area contributed by atoms with Gasteiger partial charge in [-0.25, -0.2) is 4.79 Å². The second-order valence-electron chi connectivity index (χ2n) is 7.30. The van der Waals surface area contributed by atoms with Crippen LogP contribution in [-0.4, -0.2) is 77.4 Å². The normalized spacial score (nSPS) is 19.8. The van der Waals surface area contributed by atoms with Crippen LogP contribution in [0.5, 0.6) is 0 Å². The molecule has 15 heteroatoms. The van der Waals surface area contributed by atoms with Gasteiger partial charge in [-0.05, 0) is 36.1 Å². The molecule has 0 aliphatic carbocycles. The predicted molar refractivity (Wildman–Crippen MR) is 138 cm³/mol. The Bertz CT molecular complexity index is 1250. The fraction of sp³-hybridized carbons (Fsp3) is 0.286. The van der Waals surface area contributed by atoms with Gasteiger partial charge < -0.3 is 21.0 Å². The lowest BCUT2D eigenvalue weighted by atomic mass is 10.0. The van der Waals surface area contributed by atoms with E-state index >= 15 is 0 Å². The summed E-state index contributed by atoms with van der Waals surface area (Å²) in [6.45, 7) is 1.90. The molecule has 2 amide bonds. The molecular formula is C21H21N7O5S3. The molecule has 0 aromatic carbocycles. The number of aromatic nitrogens is 3. The third kappa shape index (κ3) is 5.52. The first-order valence-corrected chi connectivity index (χ1v) is 13.5. The molecule has 2 atom stereocenters. The van der Waals surface area contributed by atoms with Crippen LogP contribution in [0.25, 0.3) is 6.08 Å². The third-order valence-electron chi connectivity index (χ3n) is 4.97. The van der Waals surface area contributed by atoms with Crippen LogP contribution < -0.4 is 11.1 Å². The van der Waals surface area contributed by atoms with E-state index in [0.29, 0.717) is 17.1 Å². The Balaban J connectivity index is 1.44. The Morgan fingerprint density at radius 1 is 1.44 bits per heavy atom. The van der Waals surface area contributed by atoms with Gasteiger partial charge in [0.2, 0.25) is 11.5 Å². The van der Waals surface area contributed by atoms with Crippen LogP contribution in [0.15, 0.2) is 46.2 Å². The number of pyridine rings is 1. The molecule has 2 aromatic rings. The summed E-state index contributed by atoms with van der Waals surface area (Å²) < 4.78 is 3.98. The number of carbonyl (C=O) groups is 3. The number of rotatable bonds is 10. The fourth-order valence-corrected chi connectivity index (χ4v) is 6.07. The topological polar surface area (TPSA) is 173 Å². The molecule has 1 unspecified atom stereocenters. The number of anilines is 1. The lowest BCUT2D eigenvalue weighted by Gasteiger charge is -2.49. The summed E-state index contributed by atoms with van der Waals surface area (Å²) >= 11 is 3.68. The summed E-state index contributed by atoms with van der Waals surface area (Å²) in [5.41, 5.74) is 6.75. The number of hydrogen-bond acceptors (Lipinski definition) is 12. The van der Waals surface area contributed by atoms with Crippen LogP contribution in [-0.2, 0) is 19.2 Å². The van der Waals surface area contributed by atoms with Gasteiger partial charge in [-0.3, -0.25) is 19.5 Å². The van der Waals surface area contributed by atoms with Crippen molar-refractivity contribution in [1.82, 2.24) is 24.6 Å². The lowest BCUT2D eigenvalue weighted by Crippen LogP contribution is -2.71. The molecule has 188 valence electrons. The molecule has 2 aliphatic heterocycles. The molecule has 36 heavy (non-hydrogen) atoms. The number of oxime groups is 1. The maximum atomic E-state index is 12.9. The van der Waals surface area contributed by atoms with Crippen LogP contribution in [0.4, 0.5) is 5.13 Å². The number of nitrogens with one attached hydrogen (secondary N) is 1. The molecule has 2 aliphatic rings. The van der Waals surface area contributed by atoms with Crippen LogP contribution >= 0.6 is 35.1 Å². The average molecular weight is 548 g/mol. The number of carbonyl (C=O) groups excluding carboxylic acids is 2. The maximum Gasteiger partial charge on any atom is 0.352 e. The van der Waals surface area contributed by atoms with Crippen molar-refractivity contribution in [3.8, 4) is 0 Å². The quantitative estimate of drug-likeness (QED) is 0.223. The number of nitrogens with two attached hydrogens (primary N) is 1. The summed E-state index contributed by atoms with van der Waals surface area (Å²) in [6, 6.07) is 4.62. The highest BCUT2D eigenvalue weighted by molar-refractivity contribution is 8.02. The number of amides is 2. The van der Waals surface area contributed by atoms with E-state index in [1.54, 1.807) is 13.1 Å². The van der Waals surface area contributed by atoms with E-state index in [2.05, 4.69) is 24.8 Å². The van der Waals surface area contributed by atoms with Crippen LogP contribution in [0.2, 0.25) is 0 Å². The van der Waals surface area contributed by atoms with Crippen molar-refractivity contribution >= 4 is 69.8 Å². The molecule has 0 radical (unpaired) electrons. The SMILES string of the molecule is CCON=C(C(=O)NC1C(=O)N2C(C(=O)O)=C(CS/C=C\c3ccccn3)CS[C@@H]12)c1nsc(N)n1. The van der Waals surface area contributed by atoms with E-state index in [9.17, 15) is 19.5 Å². The Kier molecular flexibility index (Phi) is 8.22. The van der Waals surface area contributed by atoms with Gasteiger partial charge >= 0.3 is 5.97 Å². The fourth-order valence-electron chi connectivity index (χ4n) is 3.39. The van der Waals surface area contributed by atoms with E-state index in [4.69, 9.17) is 10.6 Å². The zero-order chi connectivity index (χ0) is 25.7. The first-order chi connectivity index (χ1) is 17.4. The number of nitrogens with zero attached hydrogens (tertiary/aromatic N) is 5. The summed E-state index contributed by atoms with van der Waals surface area (Å²) in [6.07, 6.45) is 3.52. The summed E-state index contributed by atoms with van der Waals surface area (Å²) in [7, 11) is 0. The van der Waals surface area contributed by atoms with E-state index in [0.717, 1.165) is 17.2 Å². The predicted octanol–water partition coefficient (Wildman–Crippen LogP) is 1.40. The van der Waals surface area contributed by atoms with E-state index in [-0.39, 0.29) is 29.0 Å². The molecule has 1 saturated heterocycles. The highest BCUT2D eigenvalue weighted by Crippen LogP contribution is 2.41. The number of hydrogen-bond donors (Lipinski definition) is 3. The second-order valence-corrected chi connectivity index (χ2v) is 10.1. The molecule has 2 aromatic heterocycles. The molecule has 12 nitrogen and oxygen atoms in total. The van der Waals surface area contributed by atoms with Crippen molar-refractivity contribution in [1.29, 1.82) is 0 Å². The van der Waals surface area contributed by atoms with Crippen molar-refractivity contribution in [2.24, 2.45) is 5.16 Å². The summed E-state index contributed by atoms with van der Waals surface area (Å²) in [5.74, 6) is -1.66. The largest absolute Gasteiger partial charge is 0.477 e. The Morgan fingerprint density at radius 3 is 2.94 bits per heavy atom. The second kappa shape index (κ2) is 11.5. The summed E-state index contributed by atoms with van der Waals surface area (Å²) in [4.78, 5) is 52.2. The molecule has 0 saturated carbocycles. The number of carboxylic acids is 1. The van der Waals surface area contributed by atoms with Crippen LogP contribution in [0.1, 0.15) is 18.4 Å². The lowest BCUT2D eigenvalue weighted by molar-refractivity contribution is -0.150. The monoisotopic (exact) mass is 547 g/mol. The number of carboxylic acid groups (broad SMARTS) is 1.